The van der Waals surface area contributed by atoms with Crippen LogP contribution in [0.2, 0.25) is 0 Å². The lowest BCUT2D eigenvalue weighted by Gasteiger charge is -2.59. The zero-order chi connectivity index (χ0) is 17.8. The third-order valence-electron chi connectivity index (χ3n) is 6.88. The van der Waals surface area contributed by atoms with Crippen LogP contribution in [0.3, 0.4) is 0 Å². The molecule has 1 aromatic carbocycles. The Morgan fingerprint density at radius 3 is 2.12 bits per heavy atom. The smallest absolute Gasteiger partial charge is 0.252 e. The molecule has 5 rings (SSSR count). The van der Waals surface area contributed by atoms with E-state index < -0.39 is 9.84 Å². The number of amides is 1. The summed E-state index contributed by atoms with van der Waals surface area (Å²) in [5.41, 5.74) is 0.478. The van der Waals surface area contributed by atoms with E-state index in [0.717, 1.165) is 24.0 Å². The number of rotatable bonds is 4. The van der Waals surface area contributed by atoms with E-state index in [4.69, 9.17) is 0 Å². The van der Waals surface area contributed by atoms with Crippen molar-refractivity contribution in [1.82, 2.24) is 5.32 Å². The van der Waals surface area contributed by atoms with Crippen molar-refractivity contribution in [2.24, 2.45) is 23.2 Å². The van der Waals surface area contributed by atoms with Gasteiger partial charge < -0.3 is 5.32 Å². The molecule has 1 unspecified atom stereocenters. The second-order valence-corrected chi connectivity index (χ2v) is 10.7. The highest BCUT2D eigenvalue weighted by atomic mass is 32.2. The molecule has 0 spiro atoms. The van der Waals surface area contributed by atoms with Crippen molar-refractivity contribution >= 4 is 15.7 Å². The van der Waals surface area contributed by atoms with Crippen LogP contribution in [0, 0.1) is 23.2 Å². The minimum Gasteiger partial charge on any atom is -0.349 e. The molecule has 0 aromatic heterocycles. The maximum absolute atomic E-state index is 12.8. The van der Waals surface area contributed by atoms with Crippen LogP contribution < -0.4 is 5.32 Å². The number of sulfone groups is 1. The first-order valence-corrected chi connectivity index (χ1v) is 11.3. The van der Waals surface area contributed by atoms with E-state index in [1.54, 1.807) is 18.2 Å². The van der Waals surface area contributed by atoms with Gasteiger partial charge in [0.05, 0.1) is 10.5 Å². The molecule has 4 aliphatic rings. The lowest BCUT2D eigenvalue weighted by molar-refractivity contribution is -0.0688. The first-order valence-electron chi connectivity index (χ1n) is 9.37. The molecule has 4 nitrogen and oxygen atoms in total. The van der Waals surface area contributed by atoms with Crippen molar-refractivity contribution in [2.45, 2.75) is 56.4 Å². The van der Waals surface area contributed by atoms with Crippen LogP contribution >= 0.6 is 0 Å². The molecule has 4 aliphatic carbocycles. The summed E-state index contributed by atoms with van der Waals surface area (Å²) in [5, 5.41) is 3.16. The summed E-state index contributed by atoms with van der Waals surface area (Å²) >= 11 is 0. The molecule has 0 saturated heterocycles. The molecule has 136 valence electrons. The van der Waals surface area contributed by atoms with Crippen molar-refractivity contribution in [2.75, 3.05) is 6.26 Å². The van der Waals surface area contributed by atoms with Gasteiger partial charge >= 0.3 is 0 Å². The number of hydrogen-bond acceptors (Lipinski definition) is 3. The number of carbonyl (C=O) groups is 1. The Morgan fingerprint density at radius 1 is 1.08 bits per heavy atom. The molecule has 5 heteroatoms. The van der Waals surface area contributed by atoms with E-state index in [-0.39, 0.29) is 27.8 Å². The molecule has 0 aliphatic heterocycles. The van der Waals surface area contributed by atoms with Crippen LogP contribution in [0.5, 0.6) is 0 Å². The van der Waals surface area contributed by atoms with Crippen LogP contribution in [-0.4, -0.2) is 26.6 Å². The Bertz CT molecular complexity index is 764. The van der Waals surface area contributed by atoms with Crippen molar-refractivity contribution in [1.29, 1.82) is 0 Å². The van der Waals surface area contributed by atoms with Gasteiger partial charge in [0.1, 0.15) is 0 Å². The normalized spacial score (nSPS) is 34.7. The first-order chi connectivity index (χ1) is 11.8. The second kappa shape index (κ2) is 5.83. The monoisotopic (exact) mass is 361 g/mol. The van der Waals surface area contributed by atoms with Crippen molar-refractivity contribution in [3.8, 4) is 0 Å². The Kier molecular flexibility index (Phi) is 3.98. The van der Waals surface area contributed by atoms with E-state index in [1.165, 1.54) is 44.6 Å². The van der Waals surface area contributed by atoms with Gasteiger partial charge in [-0.05, 0) is 80.8 Å². The molecule has 4 saturated carbocycles. The zero-order valence-corrected chi connectivity index (χ0v) is 15.8. The summed E-state index contributed by atoms with van der Waals surface area (Å²) < 4.78 is 24.0. The molecule has 1 atom stereocenters. The summed E-state index contributed by atoms with van der Waals surface area (Å²) in [4.78, 5) is 13.0. The molecule has 1 aromatic rings. The highest BCUT2D eigenvalue weighted by Gasteiger charge is 2.53. The van der Waals surface area contributed by atoms with Gasteiger partial charge in [0, 0.05) is 12.3 Å². The predicted octanol–water partition coefficient (Wildman–Crippen LogP) is 3.42. The van der Waals surface area contributed by atoms with E-state index in [2.05, 4.69) is 12.2 Å². The fourth-order valence-corrected chi connectivity index (χ4v) is 7.00. The average Bonchev–Trinajstić information content (AvgIpc) is 2.52. The van der Waals surface area contributed by atoms with Gasteiger partial charge in [-0.15, -0.1) is 0 Å². The average molecular weight is 362 g/mol. The second-order valence-electron chi connectivity index (χ2n) is 8.74. The molecular weight excluding hydrogens is 334 g/mol. The number of carbonyl (C=O) groups excluding carboxylic acids is 1. The van der Waals surface area contributed by atoms with Gasteiger partial charge in [0.25, 0.3) is 5.91 Å². The van der Waals surface area contributed by atoms with Crippen molar-refractivity contribution < 1.29 is 13.2 Å². The summed E-state index contributed by atoms with van der Waals surface area (Å²) in [7, 11) is -3.42. The fraction of sp³-hybridized carbons (Fsp3) is 0.650. The third-order valence-corrected chi connectivity index (χ3v) is 8.04. The van der Waals surface area contributed by atoms with Gasteiger partial charge in [0.15, 0.2) is 9.84 Å². The quantitative estimate of drug-likeness (QED) is 0.894. The number of nitrogens with one attached hydrogen (secondary N) is 1. The van der Waals surface area contributed by atoms with Crippen LogP contribution in [-0.2, 0) is 9.84 Å². The van der Waals surface area contributed by atoms with Gasteiger partial charge in [-0.2, -0.15) is 0 Å². The standard InChI is InChI=1S/C20H27NO3S/c1-13(20-10-14-7-15(11-20)9-16(8-14)12-20)21-19(22)17-5-3-4-6-18(17)25(2,23)24/h3-6,13-16H,7-12H2,1-2H3,(H,21,22). The SMILES string of the molecule is CC(NC(=O)c1ccccc1S(C)(=O)=O)C12CC3CC(CC(C3)C1)C2. The van der Waals surface area contributed by atoms with Crippen molar-refractivity contribution in [3.05, 3.63) is 29.8 Å². The lowest BCUT2D eigenvalue weighted by Crippen LogP contribution is -2.55. The minimum absolute atomic E-state index is 0.0843. The molecule has 1 amide bonds. The van der Waals surface area contributed by atoms with Gasteiger partial charge in [-0.3, -0.25) is 4.79 Å². The Labute approximate surface area is 150 Å². The Balaban J connectivity index is 1.56. The third kappa shape index (κ3) is 3.01. The highest BCUT2D eigenvalue weighted by Crippen LogP contribution is 2.61. The molecule has 0 heterocycles. The van der Waals surface area contributed by atoms with Crippen LogP contribution in [0.4, 0.5) is 0 Å². The topological polar surface area (TPSA) is 63.2 Å². The number of benzene rings is 1. The van der Waals surface area contributed by atoms with E-state index in [9.17, 15) is 13.2 Å². The molecule has 1 N–H and O–H groups in total. The number of hydrogen-bond donors (Lipinski definition) is 1. The van der Waals surface area contributed by atoms with E-state index >= 15 is 0 Å². The zero-order valence-electron chi connectivity index (χ0n) is 15.0. The van der Waals surface area contributed by atoms with Crippen LogP contribution in [0.15, 0.2) is 29.2 Å². The largest absolute Gasteiger partial charge is 0.349 e. The van der Waals surface area contributed by atoms with E-state index in [0.29, 0.717) is 0 Å². The summed E-state index contributed by atoms with van der Waals surface area (Å²) in [6, 6.07) is 6.59. The molecule has 4 bridgehead atoms. The molecular formula is C20H27NO3S. The van der Waals surface area contributed by atoms with E-state index in [1.807, 2.05) is 0 Å². The fourth-order valence-electron chi connectivity index (χ4n) is 6.11. The summed E-state index contributed by atoms with van der Waals surface area (Å²) in [5.74, 6) is 2.22. The minimum atomic E-state index is -3.42. The molecule has 25 heavy (non-hydrogen) atoms. The maximum Gasteiger partial charge on any atom is 0.252 e. The summed E-state index contributed by atoms with van der Waals surface area (Å²) in [6.07, 6.45) is 8.92. The van der Waals surface area contributed by atoms with Crippen molar-refractivity contribution in [3.63, 3.8) is 0 Å². The van der Waals surface area contributed by atoms with Gasteiger partial charge in [-0.25, -0.2) is 8.42 Å². The molecule has 0 radical (unpaired) electrons. The van der Waals surface area contributed by atoms with Crippen LogP contribution in [0.1, 0.15) is 55.8 Å². The molecule has 4 fully saturated rings. The maximum atomic E-state index is 12.8. The highest BCUT2D eigenvalue weighted by molar-refractivity contribution is 7.90. The van der Waals surface area contributed by atoms with Gasteiger partial charge in [-0.1, -0.05) is 12.1 Å². The van der Waals surface area contributed by atoms with Crippen LogP contribution in [0.25, 0.3) is 0 Å². The predicted molar refractivity (Wildman–Crippen MR) is 97.1 cm³/mol. The lowest BCUT2D eigenvalue weighted by atomic mass is 9.48. The Hall–Kier alpha value is -1.36. The summed E-state index contributed by atoms with van der Waals surface area (Å²) in [6.45, 7) is 2.12. The van der Waals surface area contributed by atoms with Gasteiger partial charge in [0.2, 0.25) is 0 Å². The Morgan fingerprint density at radius 2 is 1.60 bits per heavy atom. The first kappa shape index (κ1) is 17.1.